The fourth-order valence-corrected chi connectivity index (χ4v) is 6.96. The minimum atomic E-state index is -5.35. The van der Waals surface area contributed by atoms with Gasteiger partial charge in [0.25, 0.3) is 42.2 Å². The van der Waals surface area contributed by atoms with E-state index >= 15 is 0 Å². The first kappa shape index (κ1) is 36.7. The topological polar surface area (TPSA) is 260 Å². The molecule has 264 valence electrons. The predicted molar refractivity (Wildman–Crippen MR) is 183 cm³/mol. The molecule has 0 saturated heterocycles. The van der Waals surface area contributed by atoms with Crippen molar-refractivity contribution in [2.45, 2.75) is 28.0 Å². The molecule has 5 rings (SSSR count). The van der Waals surface area contributed by atoms with Gasteiger partial charge in [-0.15, -0.1) is 0 Å². The number of allylic oxidation sites excluding steroid dienone is 3. The molecule has 0 aliphatic heterocycles. The molecule has 0 spiro atoms. The molecule has 0 bridgehead atoms. The molecule has 1 aliphatic carbocycles. The first-order chi connectivity index (χ1) is 23.8. The summed E-state index contributed by atoms with van der Waals surface area (Å²) in [5, 5.41) is 3.55. The molecule has 0 aromatic heterocycles. The first-order valence-corrected chi connectivity index (χ1v) is 18.6. The van der Waals surface area contributed by atoms with E-state index in [-0.39, 0.29) is 34.7 Å². The molecular formula is C32H25N3O13S3. The Hall–Kier alpha value is -5.57. The highest BCUT2D eigenvalue weighted by molar-refractivity contribution is 7.87. The number of ether oxygens (including phenoxy) is 1. The molecule has 16 nitrogen and oxygen atoms in total. The highest BCUT2D eigenvalue weighted by Crippen LogP contribution is 2.37. The zero-order valence-electron chi connectivity index (χ0n) is 26.0. The average Bonchev–Trinajstić information content (AvgIpc) is 3.04. The third-order valence-electron chi connectivity index (χ3n) is 7.29. The average molecular weight is 756 g/mol. The number of carbonyl (C=O) groups excluding carboxylic acids is 3. The van der Waals surface area contributed by atoms with Crippen LogP contribution in [-0.2, 0) is 35.1 Å². The molecule has 4 aromatic carbocycles. The Morgan fingerprint density at radius 3 is 2.06 bits per heavy atom. The smallest absolute Gasteiger partial charge is 0.409 e. The number of hydrogen-bond acceptors (Lipinski definition) is 10. The fourth-order valence-electron chi connectivity index (χ4n) is 4.92. The Kier molecular flexibility index (Phi) is 10.1. The van der Waals surface area contributed by atoms with Gasteiger partial charge in [0.1, 0.15) is 15.5 Å². The summed E-state index contributed by atoms with van der Waals surface area (Å²) in [4.78, 5) is 39.5. The number of amides is 3. The Balaban J connectivity index is 1.43. The van der Waals surface area contributed by atoms with Crippen molar-refractivity contribution in [2.24, 2.45) is 4.99 Å². The maximum absolute atomic E-state index is 13.4. The van der Waals surface area contributed by atoms with Crippen LogP contribution in [-0.4, -0.2) is 62.5 Å². The van der Waals surface area contributed by atoms with Crippen molar-refractivity contribution < 1.29 is 58.0 Å². The van der Waals surface area contributed by atoms with E-state index in [1.165, 1.54) is 36.4 Å². The molecule has 0 heterocycles. The van der Waals surface area contributed by atoms with Crippen LogP contribution in [0.3, 0.4) is 0 Å². The minimum Gasteiger partial charge on any atom is -0.409 e. The van der Waals surface area contributed by atoms with Crippen LogP contribution in [0.5, 0.6) is 5.75 Å². The van der Waals surface area contributed by atoms with Crippen LogP contribution >= 0.6 is 0 Å². The van der Waals surface area contributed by atoms with Crippen molar-refractivity contribution >= 4 is 76.1 Å². The Labute approximate surface area is 290 Å². The number of rotatable bonds is 8. The summed E-state index contributed by atoms with van der Waals surface area (Å²) in [5.74, 6) is -1.24. The predicted octanol–water partition coefficient (Wildman–Crippen LogP) is 4.61. The number of aryl methyl sites for hydroxylation is 1. The van der Waals surface area contributed by atoms with Gasteiger partial charge >= 0.3 is 6.09 Å². The molecule has 19 heteroatoms. The maximum Gasteiger partial charge on any atom is 0.439 e. The van der Waals surface area contributed by atoms with Crippen LogP contribution in [0.1, 0.15) is 22.3 Å². The van der Waals surface area contributed by atoms with Crippen LogP contribution in [0.4, 0.5) is 16.2 Å². The molecule has 0 fully saturated rings. The van der Waals surface area contributed by atoms with Crippen LogP contribution in [0.2, 0.25) is 0 Å². The van der Waals surface area contributed by atoms with Crippen molar-refractivity contribution in [3.05, 3.63) is 108 Å². The van der Waals surface area contributed by atoms with Crippen molar-refractivity contribution in [3.63, 3.8) is 0 Å². The number of hydrogen-bond donors (Lipinski definition) is 5. The fraction of sp³-hybridized carbons (Fsp3) is 0.0625. The van der Waals surface area contributed by atoms with E-state index in [1.54, 1.807) is 37.3 Å². The molecule has 51 heavy (non-hydrogen) atoms. The maximum atomic E-state index is 13.4. The lowest BCUT2D eigenvalue weighted by Crippen LogP contribution is -2.20. The van der Waals surface area contributed by atoms with Crippen LogP contribution in [0, 0.1) is 6.92 Å². The number of benzene rings is 4. The van der Waals surface area contributed by atoms with Crippen molar-refractivity contribution in [3.8, 4) is 5.75 Å². The van der Waals surface area contributed by atoms with Gasteiger partial charge in [0.05, 0.1) is 16.3 Å². The Morgan fingerprint density at radius 2 is 1.41 bits per heavy atom. The van der Waals surface area contributed by atoms with Gasteiger partial charge in [-0.2, -0.15) is 30.2 Å². The Morgan fingerprint density at radius 1 is 0.745 bits per heavy atom. The van der Waals surface area contributed by atoms with Crippen LogP contribution < -0.4 is 15.4 Å². The van der Waals surface area contributed by atoms with Gasteiger partial charge in [-0.1, -0.05) is 36.4 Å². The van der Waals surface area contributed by atoms with Gasteiger partial charge in [-0.3, -0.25) is 23.2 Å². The summed E-state index contributed by atoms with van der Waals surface area (Å²) in [5.41, 5.74) is 0.600. The minimum absolute atomic E-state index is 0.0343. The summed E-state index contributed by atoms with van der Waals surface area (Å²) in [6.45, 7) is 1.63. The zero-order valence-corrected chi connectivity index (χ0v) is 28.4. The second-order valence-electron chi connectivity index (χ2n) is 10.8. The standard InChI is InChI=1S/C32H25N3O13S3/c1-18-10-11-20(15-26(18)35-30(36)19-6-5-7-21(14-19)33-32(38)48-22-8-3-2-4-9-22)31(37)34-25-12-13-27(50(42,43)44)24-16-23(49(39,40)41)17-28(29(24)25)51(45,46)47/h2-13,15-17H,14H2,1H3,(H,34,37)(H,35,36)(H,39,40,41)(H,42,43,44)(H,45,46,47). The number of para-hydroxylation sites is 1. The molecule has 0 unspecified atom stereocenters. The second kappa shape index (κ2) is 14.0. The normalized spacial score (nSPS) is 14.2. The highest BCUT2D eigenvalue weighted by atomic mass is 32.2. The van der Waals surface area contributed by atoms with Gasteiger partial charge in [-0.25, -0.2) is 4.79 Å². The van der Waals surface area contributed by atoms with Gasteiger partial charge in [-0.05, 0) is 67.1 Å². The van der Waals surface area contributed by atoms with E-state index < -0.39 is 79.4 Å². The lowest BCUT2D eigenvalue weighted by Gasteiger charge is -2.16. The second-order valence-corrected chi connectivity index (χ2v) is 15.0. The van der Waals surface area contributed by atoms with Crippen LogP contribution in [0.15, 0.2) is 116 Å². The van der Waals surface area contributed by atoms with E-state index in [2.05, 4.69) is 15.6 Å². The highest BCUT2D eigenvalue weighted by Gasteiger charge is 2.27. The monoisotopic (exact) mass is 755 g/mol. The van der Waals surface area contributed by atoms with E-state index in [0.29, 0.717) is 17.7 Å². The van der Waals surface area contributed by atoms with Crippen molar-refractivity contribution in [1.29, 1.82) is 0 Å². The number of anilines is 2. The lowest BCUT2D eigenvalue weighted by molar-refractivity contribution is -0.112. The zero-order chi connectivity index (χ0) is 37.3. The third-order valence-corrected chi connectivity index (χ3v) is 9.92. The van der Waals surface area contributed by atoms with E-state index in [0.717, 1.165) is 12.1 Å². The quantitative estimate of drug-likeness (QED) is 0.154. The van der Waals surface area contributed by atoms with Gasteiger partial charge < -0.3 is 15.4 Å². The van der Waals surface area contributed by atoms with Gasteiger partial charge in [0.15, 0.2) is 0 Å². The van der Waals surface area contributed by atoms with E-state index in [4.69, 9.17) is 4.74 Å². The molecule has 3 amide bonds. The number of fused-ring (bicyclic) bond motifs is 1. The summed E-state index contributed by atoms with van der Waals surface area (Å²) < 4.78 is 107. The number of aliphatic imine (C=N–C) groups is 1. The molecule has 0 saturated carbocycles. The first-order valence-electron chi connectivity index (χ1n) is 14.3. The molecule has 5 N–H and O–H groups in total. The summed E-state index contributed by atoms with van der Waals surface area (Å²) in [6.07, 6.45) is 3.63. The molecule has 0 atom stereocenters. The molecule has 1 aliphatic rings. The largest absolute Gasteiger partial charge is 0.439 e. The van der Waals surface area contributed by atoms with Gasteiger partial charge in [0.2, 0.25) is 0 Å². The van der Waals surface area contributed by atoms with Crippen molar-refractivity contribution in [2.75, 3.05) is 10.6 Å². The SMILES string of the molecule is Cc1ccc(C(=O)Nc2ccc(S(=O)(=O)O)c3cc(S(=O)(=O)O)cc(S(=O)(=O)O)c23)cc1NC(=O)C1=CC=CC(=NC(=O)Oc2ccccc2)C1. The van der Waals surface area contributed by atoms with Crippen LogP contribution in [0.25, 0.3) is 10.8 Å². The molecule has 4 aromatic rings. The molecular weight excluding hydrogens is 731 g/mol. The van der Waals surface area contributed by atoms with E-state index in [9.17, 15) is 53.3 Å². The number of nitrogens with zero attached hydrogens (tertiary/aromatic N) is 1. The summed E-state index contributed by atoms with van der Waals surface area (Å²) in [7, 11) is -15.7. The Bertz CT molecular complexity index is 2560. The summed E-state index contributed by atoms with van der Waals surface area (Å²) in [6, 6.07) is 14.9. The third kappa shape index (κ3) is 8.60. The van der Waals surface area contributed by atoms with E-state index in [1.807, 2.05) is 0 Å². The summed E-state index contributed by atoms with van der Waals surface area (Å²) >= 11 is 0. The molecule has 0 radical (unpaired) electrons. The number of carbonyl (C=O) groups is 3. The van der Waals surface area contributed by atoms with Crippen molar-refractivity contribution in [1.82, 2.24) is 0 Å². The number of nitrogens with one attached hydrogen (secondary N) is 2. The van der Waals surface area contributed by atoms with Gasteiger partial charge in [0, 0.05) is 34.0 Å². The lowest BCUT2D eigenvalue weighted by atomic mass is 10.0.